The van der Waals surface area contributed by atoms with Gasteiger partial charge in [-0.2, -0.15) is 17.4 Å². The molecule has 0 saturated carbocycles. The average Bonchev–Trinajstić information content (AvgIpc) is 2.39. The number of nitrogens with zero attached hydrogens (tertiary/aromatic N) is 1. The van der Waals surface area contributed by atoms with Gasteiger partial charge in [0.25, 0.3) is 10.2 Å². The smallest absolute Gasteiger partial charge is 0.279 e. The van der Waals surface area contributed by atoms with Crippen molar-refractivity contribution in [1.29, 1.82) is 0 Å². The highest BCUT2D eigenvalue weighted by Gasteiger charge is 2.20. The predicted molar refractivity (Wildman–Crippen MR) is 74.7 cm³/mol. The molecule has 0 heterocycles. The van der Waals surface area contributed by atoms with E-state index in [4.69, 9.17) is 10.5 Å². The van der Waals surface area contributed by atoms with Gasteiger partial charge in [0.05, 0.1) is 6.61 Å². The van der Waals surface area contributed by atoms with Crippen molar-refractivity contribution >= 4 is 10.2 Å². The second kappa shape index (κ2) is 8.23. The minimum Gasteiger partial charge on any atom is -0.383 e. The van der Waals surface area contributed by atoms with Crippen LogP contribution in [-0.4, -0.2) is 46.1 Å². The molecule has 0 bridgehead atoms. The summed E-state index contributed by atoms with van der Waals surface area (Å²) in [6.07, 6.45) is 0. The highest BCUT2D eigenvalue weighted by atomic mass is 32.2. The number of ether oxygens (including phenoxy) is 1. The zero-order valence-corrected chi connectivity index (χ0v) is 11.9. The van der Waals surface area contributed by atoms with Crippen LogP contribution in [0.25, 0.3) is 0 Å². The first kappa shape index (κ1) is 16.1. The average molecular weight is 287 g/mol. The molecule has 0 aliphatic carbocycles. The largest absolute Gasteiger partial charge is 0.383 e. The third kappa shape index (κ3) is 5.66. The van der Waals surface area contributed by atoms with Crippen LogP contribution in [0.5, 0.6) is 0 Å². The number of methoxy groups -OCH3 is 1. The molecule has 7 heteroatoms. The van der Waals surface area contributed by atoms with Gasteiger partial charge in [0.15, 0.2) is 0 Å². The summed E-state index contributed by atoms with van der Waals surface area (Å²) in [5, 5.41) is 0. The maximum atomic E-state index is 12.1. The fraction of sp³-hybridized carbons (Fsp3) is 0.500. The second-order valence-corrected chi connectivity index (χ2v) is 5.76. The number of nitrogens with two attached hydrogens (primary N) is 1. The van der Waals surface area contributed by atoms with Crippen molar-refractivity contribution in [2.75, 3.05) is 33.4 Å². The summed E-state index contributed by atoms with van der Waals surface area (Å²) in [7, 11) is -2.01. The molecule has 0 atom stereocenters. The zero-order chi connectivity index (χ0) is 14.1. The van der Waals surface area contributed by atoms with Crippen molar-refractivity contribution in [1.82, 2.24) is 9.03 Å². The van der Waals surface area contributed by atoms with E-state index in [1.54, 1.807) is 0 Å². The van der Waals surface area contributed by atoms with E-state index in [1.165, 1.54) is 11.4 Å². The lowest BCUT2D eigenvalue weighted by Crippen LogP contribution is -2.43. The Morgan fingerprint density at radius 2 is 2.00 bits per heavy atom. The van der Waals surface area contributed by atoms with Crippen LogP contribution in [0, 0.1) is 0 Å². The summed E-state index contributed by atoms with van der Waals surface area (Å²) in [4.78, 5) is 0. The molecule has 6 nitrogen and oxygen atoms in total. The molecule has 1 aromatic rings. The summed E-state index contributed by atoms with van der Waals surface area (Å²) in [6, 6.07) is 9.41. The van der Waals surface area contributed by atoms with Crippen LogP contribution >= 0.6 is 0 Å². The van der Waals surface area contributed by atoms with E-state index in [0.717, 1.165) is 5.56 Å². The van der Waals surface area contributed by atoms with Crippen molar-refractivity contribution in [3.05, 3.63) is 35.9 Å². The molecule has 0 unspecified atom stereocenters. The molecule has 0 saturated heterocycles. The molecular formula is C12H21N3O3S. The van der Waals surface area contributed by atoms with Crippen molar-refractivity contribution in [3.8, 4) is 0 Å². The summed E-state index contributed by atoms with van der Waals surface area (Å²) < 4.78 is 32.8. The van der Waals surface area contributed by atoms with Crippen LogP contribution in [0.3, 0.4) is 0 Å². The Morgan fingerprint density at radius 1 is 1.32 bits per heavy atom. The first-order chi connectivity index (χ1) is 9.10. The topological polar surface area (TPSA) is 84.7 Å². The van der Waals surface area contributed by atoms with E-state index < -0.39 is 10.2 Å². The standard InChI is InChI=1S/C12H21N3O3S/c1-18-10-8-14-19(16,17)15(9-7-13)11-12-5-3-2-4-6-12/h2-6,14H,7-11,13H2,1H3. The van der Waals surface area contributed by atoms with Crippen molar-refractivity contribution in [3.63, 3.8) is 0 Å². The summed E-state index contributed by atoms with van der Waals surface area (Å²) in [5.41, 5.74) is 6.40. The second-order valence-electron chi connectivity index (χ2n) is 4.00. The Balaban J connectivity index is 2.70. The van der Waals surface area contributed by atoms with E-state index in [0.29, 0.717) is 13.2 Å². The van der Waals surface area contributed by atoms with Gasteiger partial charge in [0.2, 0.25) is 0 Å². The van der Waals surface area contributed by atoms with Crippen molar-refractivity contribution in [2.24, 2.45) is 5.73 Å². The fourth-order valence-corrected chi connectivity index (χ4v) is 2.77. The van der Waals surface area contributed by atoms with Gasteiger partial charge >= 0.3 is 0 Å². The lowest BCUT2D eigenvalue weighted by atomic mass is 10.2. The quantitative estimate of drug-likeness (QED) is 0.623. The Bertz CT molecular complexity index is 451. The van der Waals surface area contributed by atoms with Gasteiger partial charge in [-0.05, 0) is 5.56 Å². The number of hydrogen-bond donors (Lipinski definition) is 2. The minimum atomic E-state index is -3.53. The van der Waals surface area contributed by atoms with Gasteiger partial charge in [-0.15, -0.1) is 0 Å². The third-order valence-corrected chi connectivity index (χ3v) is 4.07. The zero-order valence-electron chi connectivity index (χ0n) is 11.1. The lowest BCUT2D eigenvalue weighted by molar-refractivity contribution is 0.203. The van der Waals surface area contributed by atoms with Crippen LogP contribution in [0.1, 0.15) is 5.56 Å². The van der Waals surface area contributed by atoms with Gasteiger partial charge in [-0.1, -0.05) is 30.3 Å². The number of nitrogens with one attached hydrogen (secondary N) is 1. The van der Waals surface area contributed by atoms with E-state index in [2.05, 4.69) is 4.72 Å². The molecule has 1 rings (SSSR count). The molecule has 0 amide bonds. The maximum absolute atomic E-state index is 12.1. The van der Waals surface area contributed by atoms with E-state index >= 15 is 0 Å². The van der Waals surface area contributed by atoms with Crippen LogP contribution < -0.4 is 10.5 Å². The van der Waals surface area contributed by atoms with E-state index in [1.807, 2.05) is 30.3 Å². The molecule has 0 aliphatic heterocycles. The van der Waals surface area contributed by atoms with Crippen molar-refractivity contribution < 1.29 is 13.2 Å². The third-order valence-electron chi connectivity index (χ3n) is 2.51. The molecule has 3 N–H and O–H groups in total. The van der Waals surface area contributed by atoms with Crippen LogP contribution in [0.15, 0.2) is 30.3 Å². The Kier molecular flexibility index (Phi) is 6.96. The predicted octanol–water partition coefficient (Wildman–Crippen LogP) is -0.0719. The van der Waals surface area contributed by atoms with Crippen LogP contribution in [-0.2, 0) is 21.5 Å². The van der Waals surface area contributed by atoms with Crippen molar-refractivity contribution in [2.45, 2.75) is 6.54 Å². The van der Waals surface area contributed by atoms with Crippen LogP contribution in [0.2, 0.25) is 0 Å². The molecule has 0 aliphatic rings. The highest BCUT2D eigenvalue weighted by Crippen LogP contribution is 2.07. The minimum absolute atomic E-state index is 0.245. The summed E-state index contributed by atoms with van der Waals surface area (Å²) in [6.45, 7) is 1.44. The van der Waals surface area contributed by atoms with E-state index in [9.17, 15) is 8.42 Å². The molecule has 0 spiro atoms. The van der Waals surface area contributed by atoms with Gasteiger partial charge in [0.1, 0.15) is 0 Å². The van der Waals surface area contributed by atoms with Gasteiger partial charge in [0, 0.05) is 33.3 Å². The molecule has 19 heavy (non-hydrogen) atoms. The summed E-state index contributed by atoms with van der Waals surface area (Å²) >= 11 is 0. The fourth-order valence-electron chi connectivity index (χ4n) is 1.58. The molecule has 0 radical (unpaired) electrons. The molecule has 0 fully saturated rings. The highest BCUT2D eigenvalue weighted by molar-refractivity contribution is 7.87. The molecule has 108 valence electrons. The number of benzene rings is 1. The Hall–Kier alpha value is -0.990. The van der Waals surface area contributed by atoms with Gasteiger partial charge < -0.3 is 10.5 Å². The molecule has 1 aromatic carbocycles. The number of rotatable bonds is 9. The monoisotopic (exact) mass is 287 g/mol. The van der Waals surface area contributed by atoms with Crippen LogP contribution in [0.4, 0.5) is 0 Å². The first-order valence-corrected chi connectivity index (χ1v) is 7.52. The van der Waals surface area contributed by atoms with Gasteiger partial charge in [-0.3, -0.25) is 0 Å². The molecular weight excluding hydrogens is 266 g/mol. The Morgan fingerprint density at radius 3 is 2.58 bits per heavy atom. The van der Waals surface area contributed by atoms with Gasteiger partial charge in [-0.25, -0.2) is 0 Å². The maximum Gasteiger partial charge on any atom is 0.279 e. The molecule has 0 aromatic heterocycles. The van der Waals surface area contributed by atoms with E-state index in [-0.39, 0.29) is 19.6 Å². The lowest BCUT2D eigenvalue weighted by Gasteiger charge is -2.21. The Labute approximate surface area is 114 Å². The number of hydrogen-bond acceptors (Lipinski definition) is 4. The first-order valence-electron chi connectivity index (χ1n) is 6.08. The normalized spacial score (nSPS) is 11.9. The SMILES string of the molecule is COCCNS(=O)(=O)N(CCN)Cc1ccccc1. The summed E-state index contributed by atoms with van der Waals surface area (Å²) in [5.74, 6) is 0.